The third-order valence-electron chi connectivity index (χ3n) is 1.50. The lowest BCUT2D eigenvalue weighted by Gasteiger charge is -2.25. The van der Waals surface area contributed by atoms with Gasteiger partial charge < -0.3 is 9.94 Å². The third-order valence-corrected chi connectivity index (χ3v) is 1.50. The minimum atomic E-state index is -0.255. The molecular weight excluding hydrogens is 130 g/mol. The van der Waals surface area contributed by atoms with E-state index in [4.69, 9.17) is 9.94 Å². The van der Waals surface area contributed by atoms with Gasteiger partial charge in [0.1, 0.15) is 0 Å². The molecule has 0 aromatic carbocycles. The number of ether oxygens (including phenoxy) is 1. The Kier molecular flexibility index (Phi) is 3.86. The van der Waals surface area contributed by atoms with E-state index in [1.54, 1.807) is 7.11 Å². The smallest absolute Gasteiger partial charge is 0.0561 e. The van der Waals surface area contributed by atoms with Crippen LogP contribution in [0.2, 0.25) is 0 Å². The average molecular weight is 147 g/mol. The minimum Gasteiger partial charge on any atom is -0.382 e. The van der Waals surface area contributed by atoms with E-state index in [2.05, 4.69) is 5.48 Å². The minimum absolute atomic E-state index is 0.176. The summed E-state index contributed by atoms with van der Waals surface area (Å²) in [6.07, 6.45) is 0.967. The van der Waals surface area contributed by atoms with Gasteiger partial charge in [-0.2, -0.15) is 5.48 Å². The summed E-state index contributed by atoms with van der Waals surface area (Å²) < 4.78 is 5.04. The van der Waals surface area contributed by atoms with Gasteiger partial charge in [0.2, 0.25) is 0 Å². The van der Waals surface area contributed by atoms with Crippen LogP contribution in [-0.2, 0) is 4.74 Å². The molecule has 0 saturated carbocycles. The molecule has 0 aromatic rings. The summed E-state index contributed by atoms with van der Waals surface area (Å²) in [5.41, 5.74) is 1.97. The van der Waals surface area contributed by atoms with E-state index in [-0.39, 0.29) is 11.6 Å². The molecule has 62 valence electrons. The lowest BCUT2D eigenvalue weighted by molar-refractivity contribution is 0.0287. The second-order valence-electron chi connectivity index (χ2n) is 3.25. The Morgan fingerprint density at radius 3 is 2.40 bits per heavy atom. The van der Waals surface area contributed by atoms with Crippen LogP contribution in [0.25, 0.3) is 0 Å². The van der Waals surface area contributed by atoms with Crippen molar-refractivity contribution in [2.45, 2.75) is 38.8 Å². The molecule has 3 heteroatoms. The van der Waals surface area contributed by atoms with Crippen LogP contribution in [0.5, 0.6) is 0 Å². The molecule has 1 unspecified atom stereocenters. The van der Waals surface area contributed by atoms with Crippen molar-refractivity contribution in [1.29, 1.82) is 0 Å². The number of nitrogens with one attached hydrogen (secondary N) is 1. The molecule has 0 aliphatic carbocycles. The highest BCUT2D eigenvalue weighted by atomic mass is 16.5. The second-order valence-corrected chi connectivity index (χ2v) is 3.25. The summed E-state index contributed by atoms with van der Waals surface area (Å²) in [7, 11) is 1.66. The normalized spacial score (nSPS) is 15.3. The zero-order valence-electron chi connectivity index (χ0n) is 7.14. The van der Waals surface area contributed by atoms with Crippen LogP contribution in [0.4, 0.5) is 0 Å². The molecule has 0 aliphatic heterocycles. The Balaban J connectivity index is 3.64. The molecule has 2 N–H and O–H groups in total. The van der Waals surface area contributed by atoms with E-state index >= 15 is 0 Å². The number of hydroxylamine groups is 1. The van der Waals surface area contributed by atoms with E-state index in [9.17, 15) is 0 Å². The highest BCUT2D eigenvalue weighted by molar-refractivity contribution is 4.75. The average Bonchev–Trinajstić information content (AvgIpc) is 1.87. The molecule has 0 spiro atoms. The number of hydrogen-bond acceptors (Lipinski definition) is 3. The molecule has 0 aromatic heterocycles. The van der Waals surface area contributed by atoms with Gasteiger partial charge in [-0.1, -0.05) is 0 Å². The number of rotatable bonds is 4. The molecule has 0 aliphatic rings. The molecule has 0 bridgehead atoms. The molecule has 0 saturated heterocycles. The molecule has 0 heterocycles. The Morgan fingerprint density at radius 2 is 2.10 bits per heavy atom. The maximum absolute atomic E-state index is 8.63. The van der Waals surface area contributed by atoms with Gasteiger partial charge in [-0.3, -0.25) is 0 Å². The van der Waals surface area contributed by atoms with Gasteiger partial charge in [0.15, 0.2) is 0 Å². The van der Waals surface area contributed by atoms with Crippen LogP contribution in [0.3, 0.4) is 0 Å². The fourth-order valence-electron chi connectivity index (χ4n) is 0.848. The van der Waals surface area contributed by atoms with Crippen molar-refractivity contribution in [1.82, 2.24) is 5.48 Å². The highest BCUT2D eigenvalue weighted by Crippen LogP contribution is 2.11. The fraction of sp³-hybridized carbons (Fsp3) is 1.00. The number of methoxy groups -OCH3 is 1. The lowest BCUT2D eigenvalue weighted by atomic mass is 9.99. The zero-order chi connectivity index (χ0) is 8.20. The quantitative estimate of drug-likeness (QED) is 0.586. The van der Waals surface area contributed by atoms with Crippen LogP contribution in [-0.4, -0.2) is 24.0 Å². The van der Waals surface area contributed by atoms with Gasteiger partial charge in [-0.25, -0.2) is 0 Å². The Hall–Kier alpha value is -0.120. The van der Waals surface area contributed by atoms with E-state index in [1.807, 2.05) is 20.8 Å². The molecule has 0 rings (SSSR count). The van der Waals surface area contributed by atoms with Crippen molar-refractivity contribution in [3.63, 3.8) is 0 Å². The first-order valence-corrected chi connectivity index (χ1v) is 3.46. The van der Waals surface area contributed by atoms with Gasteiger partial charge in [-0.15, -0.1) is 0 Å². The van der Waals surface area contributed by atoms with Gasteiger partial charge in [0, 0.05) is 12.6 Å². The highest BCUT2D eigenvalue weighted by Gasteiger charge is 2.19. The molecule has 1 atom stereocenters. The second kappa shape index (κ2) is 3.91. The van der Waals surface area contributed by atoms with Crippen LogP contribution in [0, 0.1) is 0 Å². The first kappa shape index (κ1) is 9.88. The van der Waals surface area contributed by atoms with Gasteiger partial charge >= 0.3 is 0 Å². The molecule has 0 fully saturated rings. The van der Waals surface area contributed by atoms with Crippen LogP contribution >= 0.6 is 0 Å². The maximum Gasteiger partial charge on any atom is 0.0561 e. The van der Waals surface area contributed by atoms with E-state index < -0.39 is 0 Å². The Morgan fingerprint density at radius 1 is 1.60 bits per heavy atom. The number of hydrogen-bond donors (Lipinski definition) is 2. The van der Waals surface area contributed by atoms with Crippen molar-refractivity contribution >= 4 is 0 Å². The zero-order valence-corrected chi connectivity index (χ0v) is 7.14. The first-order chi connectivity index (χ1) is 4.52. The summed E-state index contributed by atoms with van der Waals surface area (Å²) in [6.45, 7) is 5.81. The van der Waals surface area contributed by atoms with Gasteiger partial charge in [0.05, 0.1) is 6.10 Å². The van der Waals surface area contributed by atoms with Crippen molar-refractivity contribution in [2.75, 3.05) is 7.11 Å². The lowest BCUT2D eigenvalue weighted by Crippen LogP contribution is -2.39. The Bertz CT molecular complexity index is 93.6. The van der Waals surface area contributed by atoms with Crippen molar-refractivity contribution in [2.24, 2.45) is 0 Å². The van der Waals surface area contributed by atoms with Crippen molar-refractivity contribution in [3.05, 3.63) is 0 Å². The summed E-state index contributed by atoms with van der Waals surface area (Å²) in [4.78, 5) is 0. The summed E-state index contributed by atoms with van der Waals surface area (Å²) >= 11 is 0. The molecule has 10 heavy (non-hydrogen) atoms. The van der Waals surface area contributed by atoms with Gasteiger partial charge in [-0.05, 0) is 27.2 Å². The molecule has 0 amide bonds. The topological polar surface area (TPSA) is 41.5 Å². The fourth-order valence-corrected chi connectivity index (χ4v) is 0.848. The SMILES string of the molecule is COC(C)CC(C)(C)NO. The van der Waals surface area contributed by atoms with Gasteiger partial charge in [0.25, 0.3) is 0 Å². The Labute approximate surface area is 62.3 Å². The van der Waals surface area contributed by atoms with E-state index in [0.717, 1.165) is 6.42 Å². The molecule has 3 nitrogen and oxygen atoms in total. The monoisotopic (exact) mass is 147 g/mol. The predicted molar refractivity (Wildman–Crippen MR) is 40.1 cm³/mol. The maximum atomic E-state index is 8.63. The van der Waals surface area contributed by atoms with Crippen LogP contribution in [0.15, 0.2) is 0 Å². The van der Waals surface area contributed by atoms with Crippen LogP contribution in [0.1, 0.15) is 27.2 Å². The van der Waals surface area contributed by atoms with Crippen LogP contribution < -0.4 is 5.48 Å². The predicted octanol–water partition coefficient (Wildman–Crippen LogP) is 1.17. The van der Waals surface area contributed by atoms with E-state index in [1.165, 1.54) is 0 Å². The largest absolute Gasteiger partial charge is 0.382 e. The summed E-state index contributed by atoms with van der Waals surface area (Å²) in [6, 6.07) is 0. The molecule has 0 radical (unpaired) electrons. The molecular formula is C7H17NO2. The summed E-state index contributed by atoms with van der Waals surface area (Å²) in [5, 5.41) is 8.63. The van der Waals surface area contributed by atoms with Crippen molar-refractivity contribution < 1.29 is 9.94 Å². The van der Waals surface area contributed by atoms with Crippen molar-refractivity contribution in [3.8, 4) is 0 Å². The third kappa shape index (κ3) is 3.82. The van der Waals surface area contributed by atoms with E-state index in [0.29, 0.717) is 0 Å². The first-order valence-electron chi connectivity index (χ1n) is 3.46. The summed E-state index contributed by atoms with van der Waals surface area (Å²) in [5.74, 6) is 0. The standard InChI is InChI=1S/C7H17NO2/c1-6(10-4)5-7(2,3)8-9/h6,8-9H,5H2,1-4H3.